The van der Waals surface area contributed by atoms with Gasteiger partial charge in [-0.3, -0.25) is 0 Å². The Kier molecular flexibility index (Phi) is 4.07. The average Bonchev–Trinajstić information content (AvgIpc) is 2.42. The van der Waals surface area contributed by atoms with E-state index in [1.54, 1.807) is 42.5 Å². The van der Waals surface area contributed by atoms with Crippen molar-refractivity contribution >= 4 is 23.2 Å². The normalized spacial score (nSPS) is 11.4. The largest absolute Gasteiger partial charge is 0.197 e. The van der Waals surface area contributed by atoms with Crippen molar-refractivity contribution in [2.24, 2.45) is 0 Å². The van der Waals surface area contributed by atoms with Gasteiger partial charge in [-0.1, -0.05) is 47.5 Å². The van der Waals surface area contributed by atoms with Crippen LogP contribution in [0.5, 0.6) is 0 Å². The molecule has 0 saturated heterocycles. The SMILES string of the molecule is N#Cc1c(Cl)cccc1C(C#N)c1ccc(Cl)cc1. The van der Waals surface area contributed by atoms with Gasteiger partial charge in [-0.05, 0) is 29.3 Å². The summed E-state index contributed by atoms with van der Waals surface area (Å²) >= 11 is 11.8. The van der Waals surface area contributed by atoms with Crippen LogP contribution in [-0.4, -0.2) is 0 Å². The van der Waals surface area contributed by atoms with E-state index in [-0.39, 0.29) is 0 Å². The lowest BCUT2D eigenvalue weighted by atomic mass is 9.89. The minimum absolute atomic E-state index is 0.339. The van der Waals surface area contributed by atoms with Crippen LogP contribution in [0, 0.1) is 22.7 Å². The second kappa shape index (κ2) is 5.76. The van der Waals surface area contributed by atoms with Crippen molar-refractivity contribution in [3.05, 3.63) is 69.2 Å². The van der Waals surface area contributed by atoms with E-state index in [2.05, 4.69) is 12.1 Å². The highest BCUT2D eigenvalue weighted by atomic mass is 35.5. The van der Waals surface area contributed by atoms with Crippen LogP contribution < -0.4 is 0 Å². The molecule has 0 aliphatic carbocycles. The van der Waals surface area contributed by atoms with Gasteiger partial charge in [0, 0.05) is 5.02 Å². The molecule has 0 radical (unpaired) electrons. The van der Waals surface area contributed by atoms with Gasteiger partial charge in [-0.25, -0.2) is 0 Å². The monoisotopic (exact) mass is 286 g/mol. The van der Waals surface area contributed by atoms with Crippen molar-refractivity contribution in [1.82, 2.24) is 0 Å². The second-order valence-electron chi connectivity index (χ2n) is 3.93. The van der Waals surface area contributed by atoms with Crippen LogP contribution in [0.1, 0.15) is 22.6 Å². The Morgan fingerprint density at radius 2 is 1.63 bits per heavy atom. The molecule has 1 unspecified atom stereocenters. The summed E-state index contributed by atoms with van der Waals surface area (Å²) in [5.74, 6) is -0.536. The maximum atomic E-state index is 9.38. The fourth-order valence-corrected chi connectivity index (χ4v) is 2.23. The van der Waals surface area contributed by atoms with Crippen LogP contribution in [0.3, 0.4) is 0 Å². The molecule has 2 nitrogen and oxygen atoms in total. The van der Waals surface area contributed by atoms with Crippen LogP contribution in [0.15, 0.2) is 42.5 Å². The Morgan fingerprint density at radius 3 is 2.21 bits per heavy atom. The molecule has 19 heavy (non-hydrogen) atoms. The summed E-state index contributed by atoms with van der Waals surface area (Å²) in [6, 6.07) is 16.4. The molecule has 0 N–H and O–H groups in total. The quantitative estimate of drug-likeness (QED) is 0.815. The molecule has 0 aromatic heterocycles. The van der Waals surface area contributed by atoms with Gasteiger partial charge in [0.15, 0.2) is 0 Å². The highest BCUT2D eigenvalue weighted by Gasteiger charge is 2.18. The Balaban J connectivity index is 2.56. The molecule has 0 spiro atoms. The number of nitrogens with zero attached hydrogens (tertiary/aromatic N) is 2. The van der Waals surface area contributed by atoms with Crippen molar-refractivity contribution in [3.63, 3.8) is 0 Å². The van der Waals surface area contributed by atoms with Gasteiger partial charge in [0.1, 0.15) is 6.07 Å². The van der Waals surface area contributed by atoms with Crippen molar-refractivity contribution in [3.8, 4) is 12.1 Å². The van der Waals surface area contributed by atoms with Crippen molar-refractivity contribution in [2.45, 2.75) is 5.92 Å². The summed E-state index contributed by atoms with van der Waals surface area (Å²) in [5.41, 5.74) is 1.73. The molecule has 4 heteroatoms. The van der Waals surface area contributed by atoms with E-state index in [9.17, 15) is 5.26 Å². The molecule has 0 aliphatic rings. The van der Waals surface area contributed by atoms with Gasteiger partial charge in [0.05, 0.1) is 22.6 Å². The summed E-state index contributed by atoms with van der Waals surface area (Å²) in [7, 11) is 0. The lowest BCUT2D eigenvalue weighted by molar-refractivity contribution is 1.03. The van der Waals surface area contributed by atoms with Gasteiger partial charge in [0.25, 0.3) is 0 Å². The lowest BCUT2D eigenvalue weighted by Crippen LogP contribution is -2.01. The van der Waals surface area contributed by atoms with Gasteiger partial charge < -0.3 is 0 Å². The Labute approximate surface area is 121 Å². The minimum Gasteiger partial charge on any atom is -0.197 e. The molecule has 2 aromatic rings. The smallest absolute Gasteiger partial charge is 0.101 e. The first-order valence-electron chi connectivity index (χ1n) is 5.51. The molecule has 0 fully saturated rings. The number of hydrogen-bond donors (Lipinski definition) is 0. The summed E-state index contributed by atoms with van der Waals surface area (Å²) < 4.78 is 0. The Morgan fingerprint density at radius 1 is 0.947 bits per heavy atom. The topological polar surface area (TPSA) is 47.6 Å². The third-order valence-electron chi connectivity index (χ3n) is 2.80. The Hall–Kier alpha value is -2.00. The van der Waals surface area contributed by atoms with E-state index in [4.69, 9.17) is 28.5 Å². The zero-order valence-electron chi connectivity index (χ0n) is 9.77. The number of hydrogen-bond acceptors (Lipinski definition) is 2. The van der Waals surface area contributed by atoms with Gasteiger partial charge in [0.2, 0.25) is 0 Å². The zero-order valence-corrected chi connectivity index (χ0v) is 11.3. The number of benzene rings is 2. The molecule has 1 atom stereocenters. The maximum absolute atomic E-state index is 9.38. The molecule has 0 heterocycles. The van der Waals surface area contributed by atoms with Crippen LogP contribution in [-0.2, 0) is 0 Å². The maximum Gasteiger partial charge on any atom is 0.101 e. The first-order chi connectivity index (χ1) is 9.17. The fraction of sp³-hybridized carbons (Fsp3) is 0.0667. The van der Waals surface area contributed by atoms with Crippen molar-refractivity contribution < 1.29 is 0 Å². The standard InChI is InChI=1S/C15H8Cl2N2/c16-11-6-4-10(5-7-11)13(8-18)12-2-1-3-15(17)14(12)9-19/h1-7,13H. The first-order valence-corrected chi connectivity index (χ1v) is 6.26. The molecular weight excluding hydrogens is 279 g/mol. The van der Waals surface area contributed by atoms with E-state index in [0.717, 1.165) is 5.56 Å². The van der Waals surface area contributed by atoms with Crippen LogP contribution in [0.25, 0.3) is 0 Å². The molecule has 92 valence electrons. The number of rotatable bonds is 2. The fourth-order valence-electron chi connectivity index (χ4n) is 1.88. The molecular formula is C15H8Cl2N2. The van der Waals surface area contributed by atoms with Gasteiger partial charge in [-0.15, -0.1) is 0 Å². The molecule has 2 rings (SSSR count). The van der Waals surface area contributed by atoms with Gasteiger partial charge >= 0.3 is 0 Å². The van der Waals surface area contributed by atoms with E-state index in [1.807, 2.05) is 0 Å². The average molecular weight is 287 g/mol. The van der Waals surface area contributed by atoms with Crippen LogP contribution in [0.2, 0.25) is 10.0 Å². The second-order valence-corrected chi connectivity index (χ2v) is 4.77. The molecule has 0 amide bonds. The van der Waals surface area contributed by atoms with E-state index in [0.29, 0.717) is 21.2 Å². The molecule has 0 bridgehead atoms. The highest BCUT2D eigenvalue weighted by molar-refractivity contribution is 6.31. The summed E-state index contributed by atoms with van der Waals surface area (Å²) in [4.78, 5) is 0. The van der Waals surface area contributed by atoms with Crippen molar-refractivity contribution in [1.29, 1.82) is 10.5 Å². The Bertz CT molecular complexity index is 679. The van der Waals surface area contributed by atoms with E-state index >= 15 is 0 Å². The number of nitriles is 2. The van der Waals surface area contributed by atoms with Gasteiger partial charge in [-0.2, -0.15) is 10.5 Å². The van der Waals surface area contributed by atoms with Crippen LogP contribution in [0.4, 0.5) is 0 Å². The van der Waals surface area contributed by atoms with E-state index < -0.39 is 5.92 Å². The third-order valence-corrected chi connectivity index (χ3v) is 3.37. The predicted octanol–water partition coefficient (Wildman–Crippen LogP) is 4.52. The zero-order chi connectivity index (χ0) is 13.8. The van der Waals surface area contributed by atoms with Crippen molar-refractivity contribution in [2.75, 3.05) is 0 Å². The number of halogens is 2. The van der Waals surface area contributed by atoms with E-state index in [1.165, 1.54) is 0 Å². The molecule has 0 aliphatic heterocycles. The van der Waals surface area contributed by atoms with Crippen LogP contribution >= 0.6 is 23.2 Å². The summed E-state index contributed by atoms with van der Waals surface area (Å²) in [5, 5.41) is 19.5. The third kappa shape index (κ3) is 2.71. The lowest BCUT2D eigenvalue weighted by Gasteiger charge is -2.12. The minimum atomic E-state index is -0.536. The summed E-state index contributed by atoms with van der Waals surface area (Å²) in [6.07, 6.45) is 0. The molecule has 2 aromatic carbocycles. The molecule has 0 saturated carbocycles. The summed E-state index contributed by atoms with van der Waals surface area (Å²) in [6.45, 7) is 0. The first kappa shape index (κ1) is 13.4. The highest BCUT2D eigenvalue weighted by Crippen LogP contribution is 2.30. The predicted molar refractivity (Wildman–Crippen MR) is 75.1 cm³/mol.